The third-order valence-electron chi connectivity index (χ3n) is 5.59. The predicted molar refractivity (Wildman–Crippen MR) is 119 cm³/mol. The molecule has 0 saturated carbocycles. The Hall–Kier alpha value is -3.81. The lowest BCUT2D eigenvalue weighted by atomic mass is 9.91. The molecular weight excluding hydrogens is 407 g/mol. The van der Waals surface area contributed by atoms with E-state index in [1.54, 1.807) is 25.6 Å². The fraction of sp³-hybridized carbons (Fsp3) is 0.250. The zero-order valence-corrected chi connectivity index (χ0v) is 17.9. The van der Waals surface area contributed by atoms with Crippen LogP contribution >= 0.6 is 0 Å². The van der Waals surface area contributed by atoms with Gasteiger partial charge in [0.05, 0.1) is 24.8 Å². The second kappa shape index (κ2) is 8.37. The molecule has 0 radical (unpaired) electrons. The van der Waals surface area contributed by atoms with Gasteiger partial charge in [-0.15, -0.1) is 0 Å². The van der Waals surface area contributed by atoms with Gasteiger partial charge in [-0.2, -0.15) is 5.10 Å². The second-order valence-corrected chi connectivity index (χ2v) is 7.82. The van der Waals surface area contributed by atoms with E-state index in [0.29, 0.717) is 11.7 Å². The van der Waals surface area contributed by atoms with Gasteiger partial charge in [-0.05, 0) is 61.7 Å². The maximum absolute atomic E-state index is 13.7. The number of imidazole rings is 1. The predicted octanol–water partition coefficient (Wildman–Crippen LogP) is 4.41. The van der Waals surface area contributed by atoms with Crippen LogP contribution in [0.3, 0.4) is 0 Å². The third kappa shape index (κ3) is 3.91. The van der Waals surface area contributed by atoms with Crippen LogP contribution in [-0.4, -0.2) is 36.4 Å². The van der Waals surface area contributed by atoms with Crippen LogP contribution in [0.2, 0.25) is 0 Å². The molecular formula is C24H23FN6O. The molecule has 0 saturated heterocycles. The summed E-state index contributed by atoms with van der Waals surface area (Å²) in [7, 11) is 1.60. The minimum atomic E-state index is -0.228. The highest BCUT2D eigenvalue weighted by atomic mass is 19.1. The van der Waals surface area contributed by atoms with E-state index in [2.05, 4.69) is 15.1 Å². The van der Waals surface area contributed by atoms with Crippen molar-refractivity contribution in [3.8, 4) is 11.6 Å². The van der Waals surface area contributed by atoms with Crippen molar-refractivity contribution in [3.63, 3.8) is 0 Å². The van der Waals surface area contributed by atoms with Crippen LogP contribution in [-0.2, 0) is 6.54 Å². The van der Waals surface area contributed by atoms with Crippen LogP contribution in [0.5, 0.6) is 5.88 Å². The highest BCUT2D eigenvalue weighted by Crippen LogP contribution is 2.32. The molecule has 4 aromatic rings. The molecule has 7 nitrogen and oxygen atoms in total. The monoisotopic (exact) mass is 430 g/mol. The number of aromatic nitrogens is 6. The molecule has 32 heavy (non-hydrogen) atoms. The summed E-state index contributed by atoms with van der Waals surface area (Å²) >= 11 is 0. The number of pyridine rings is 1. The Bertz CT molecular complexity index is 1290. The van der Waals surface area contributed by atoms with E-state index in [1.165, 1.54) is 6.07 Å². The molecule has 8 heteroatoms. The first kappa shape index (κ1) is 20.1. The van der Waals surface area contributed by atoms with Crippen molar-refractivity contribution in [2.24, 2.45) is 0 Å². The molecule has 5 rings (SSSR count). The largest absolute Gasteiger partial charge is 0.479 e. The van der Waals surface area contributed by atoms with Gasteiger partial charge in [0.2, 0.25) is 5.88 Å². The number of halogens is 1. The number of methoxy groups -OCH3 is 1. The summed E-state index contributed by atoms with van der Waals surface area (Å²) in [6.07, 6.45) is 9.28. The zero-order valence-electron chi connectivity index (χ0n) is 17.9. The summed E-state index contributed by atoms with van der Waals surface area (Å²) in [5, 5.41) is 4.63. The minimum absolute atomic E-state index is 0.0465. The fourth-order valence-corrected chi connectivity index (χ4v) is 4.08. The second-order valence-electron chi connectivity index (χ2n) is 7.82. The molecule has 0 amide bonds. The van der Waals surface area contributed by atoms with Crippen LogP contribution in [0.4, 0.5) is 4.39 Å². The summed E-state index contributed by atoms with van der Waals surface area (Å²) < 4.78 is 23.0. The van der Waals surface area contributed by atoms with E-state index in [0.717, 1.165) is 47.8 Å². The van der Waals surface area contributed by atoms with E-state index in [9.17, 15) is 4.39 Å². The van der Waals surface area contributed by atoms with Crippen LogP contribution in [0.25, 0.3) is 17.8 Å². The first-order valence-electron chi connectivity index (χ1n) is 10.5. The lowest BCUT2D eigenvalue weighted by Gasteiger charge is -2.22. The summed E-state index contributed by atoms with van der Waals surface area (Å²) in [5.41, 5.74) is 3.41. The molecule has 1 aliphatic heterocycles. The third-order valence-corrected chi connectivity index (χ3v) is 5.59. The van der Waals surface area contributed by atoms with Gasteiger partial charge in [0.15, 0.2) is 5.82 Å². The van der Waals surface area contributed by atoms with Crippen molar-refractivity contribution >= 4 is 12.2 Å². The molecule has 0 fully saturated rings. The quantitative estimate of drug-likeness (QED) is 0.469. The van der Waals surface area contributed by atoms with Gasteiger partial charge in [-0.25, -0.2) is 24.0 Å². The van der Waals surface area contributed by atoms with Gasteiger partial charge >= 0.3 is 0 Å². The van der Waals surface area contributed by atoms with Crippen LogP contribution in [0.15, 0.2) is 48.9 Å². The van der Waals surface area contributed by atoms with Crippen molar-refractivity contribution in [1.82, 2.24) is 29.3 Å². The lowest BCUT2D eigenvalue weighted by molar-refractivity contribution is 0.395. The normalized spacial score (nSPS) is 15.8. The fourth-order valence-electron chi connectivity index (χ4n) is 4.08. The highest BCUT2D eigenvalue weighted by Gasteiger charge is 2.25. The molecule has 0 bridgehead atoms. The number of benzene rings is 1. The maximum Gasteiger partial charge on any atom is 0.238 e. The highest BCUT2D eigenvalue weighted by molar-refractivity contribution is 5.65. The Balaban J connectivity index is 1.41. The summed E-state index contributed by atoms with van der Waals surface area (Å²) in [5.74, 6) is 1.81. The van der Waals surface area contributed by atoms with E-state index in [4.69, 9.17) is 9.72 Å². The first-order valence-corrected chi connectivity index (χ1v) is 10.5. The smallest absolute Gasteiger partial charge is 0.238 e. The topological polar surface area (TPSA) is 70.7 Å². The van der Waals surface area contributed by atoms with Crippen LogP contribution in [0, 0.1) is 12.7 Å². The van der Waals surface area contributed by atoms with Crippen molar-refractivity contribution in [2.45, 2.75) is 32.2 Å². The molecule has 1 aliphatic rings. The average molecular weight is 430 g/mol. The summed E-state index contributed by atoms with van der Waals surface area (Å²) in [4.78, 5) is 13.6. The summed E-state index contributed by atoms with van der Waals surface area (Å²) in [6, 6.07) is 10.6. The number of fused-ring (bicyclic) bond motifs is 1. The number of ether oxygens (including phenoxy) is 1. The van der Waals surface area contributed by atoms with E-state index < -0.39 is 0 Å². The SMILES string of the molecule is COc1nc(C=Cc2nc3n(n2)CCC[C@@H]3c2cccc(F)c2)ccc1-n1cnc(C)c1. The molecule has 0 N–H and O–H groups in total. The van der Waals surface area contributed by atoms with Crippen molar-refractivity contribution in [2.75, 3.05) is 7.11 Å². The molecule has 1 atom stereocenters. The Morgan fingerprint density at radius 3 is 2.84 bits per heavy atom. The van der Waals surface area contributed by atoms with Crippen molar-refractivity contribution < 1.29 is 9.13 Å². The maximum atomic E-state index is 13.7. The molecule has 0 unspecified atom stereocenters. The number of rotatable bonds is 5. The number of aryl methyl sites for hydroxylation is 2. The van der Waals surface area contributed by atoms with E-state index >= 15 is 0 Å². The molecule has 1 aromatic carbocycles. The Morgan fingerprint density at radius 2 is 2.06 bits per heavy atom. The van der Waals surface area contributed by atoms with E-state index in [-0.39, 0.29) is 11.7 Å². The number of hydrogen-bond acceptors (Lipinski definition) is 5. The first-order chi connectivity index (χ1) is 15.6. The van der Waals surface area contributed by atoms with Gasteiger partial charge < -0.3 is 9.30 Å². The molecule has 4 heterocycles. The molecule has 3 aromatic heterocycles. The lowest BCUT2D eigenvalue weighted by Crippen LogP contribution is -2.18. The van der Waals surface area contributed by atoms with Crippen molar-refractivity contribution in [3.05, 3.63) is 83.3 Å². The molecule has 0 spiro atoms. The molecule has 0 aliphatic carbocycles. The Morgan fingerprint density at radius 1 is 1.16 bits per heavy atom. The average Bonchev–Trinajstić information content (AvgIpc) is 3.43. The number of hydrogen-bond donors (Lipinski definition) is 0. The van der Waals surface area contributed by atoms with Gasteiger partial charge in [0.1, 0.15) is 17.3 Å². The van der Waals surface area contributed by atoms with Crippen molar-refractivity contribution in [1.29, 1.82) is 0 Å². The number of nitrogens with zero attached hydrogens (tertiary/aromatic N) is 6. The van der Waals surface area contributed by atoms with Gasteiger partial charge in [0, 0.05) is 18.7 Å². The summed E-state index contributed by atoms with van der Waals surface area (Å²) in [6.45, 7) is 2.75. The van der Waals surface area contributed by atoms with Gasteiger partial charge in [-0.3, -0.25) is 0 Å². The minimum Gasteiger partial charge on any atom is -0.479 e. The Labute approximate surface area is 185 Å². The van der Waals surface area contributed by atoms with Crippen LogP contribution in [0.1, 0.15) is 47.4 Å². The standard InChI is InChI=1S/C24H23FN6O/c1-16-14-30(15-26-16)21-10-8-19(27-24(21)32-2)9-11-22-28-23-20(7-4-12-31(23)29-22)17-5-3-6-18(25)13-17/h3,5-6,8-11,13-15,20H,4,7,12H2,1-2H3/t20-/m1/s1. The zero-order chi connectivity index (χ0) is 22.1. The van der Waals surface area contributed by atoms with E-state index in [1.807, 2.05) is 52.7 Å². The Kier molecular flexibility index (Phi) is 5.26. The van der Waals surface area contributed by atoms with Crippen LogP contribution < -0.4 is 4.74 Å². The molecule has 162 valence electrons. The van der Waals surface area contributed by atoms with Gasteiger partial charge in [0.25, 0.3) is 0 Å². The van der Waals surface area contributed by atoms with Gasteiger partial charge in [-0.1, -0.05) is 12.1 Å².